The fourth-order valence-electron chi connectivity index (χ4n) is 2.44. The number of amides is 1. The van der Waals surface area contributed by atoms with E-state index in [1.807, 2.05) is 13.8 Å². The molecule has 0 aliphatic heterocycles. The zero-order chi connectivity index (χ0) is 19.4. The highest BCUT2D eigenvalue weighted by Crippen LogP contribution is 2.31. The van der Waals surface area contributed by atoms with E-state index in [0.717, 1.165) is 0 Å². The molecule has 0 saturated heterocycles. The first kappa shape index (κ1) is 18.6. The molecule has 0 radical (unpaired) electrons. The van der Waals surface area contributed by atoms with Crippen molar-refractivity contribution in [1.29, 1.82) is 0 Å². The minimum Gasteiger partial charge on any atom is -0.490 e. The molecule has 1 aromatic heterocycles. The fourth-order valence-corrected chi connectivity index (χ4v) is 3.34. The van der Waals surface area contributed by atoms with Crippen LogP contribution in [0.4, 0.5) is 10.8 Å². The van der Waals surface area contributed by atoms with Crippen molar-refractivity contribution < 1.29 is 19.2 Å². The number of carbonyl (C=O) groups is 1. The van der Waals surface area contributed by atoms with Crippen LogP contribution in [0.25, 0.3) is 10.2 Å². The van der Waals surface area contributed by atoms with Gasteiger partial charge in [0, 0.05) is 17.7 Å². The van der Waals surface area contributed by atoms with Gasteiger partial charge in [0.1, 0.15) is 0 Å². The van der Waals surface area contributed by atoms with Crippen LogP contribution < -0.4 is 14.8 Å². The average Bonchev–Trinajstić information content (AvgIpc) is 3.04. The van der Waals surface area contributed by atoms with Crippen LogP contribution in [0, 0.1) is 10.1 Å². The summed E-state index contributed by atoms with van der Waals surface area (Å²) in [5.74, 6) is 0.711. The van der Waals surface area contributed by atoms with Gasteiger partial charge in [-0.3, -0.25) is 20.2 Å². The summed E-state index contributed by atoms with van der Waals surface area (Å²) in [7, 11) is 0. The lowest BCUT2D eigenvalue weighted by molar-refractivity contribution is -0.384. The summed E-state index contributed by atoms with van der Waals surface area (Å²) in [4.78, 5) is 27.2. The van der Waals surface area contributed by atoms with E-state index < -0.39 is 4.92 Å². The van der Waals surface area contributed by atoms with Crippen molar-refractivity contribution in [3.05, 3.63) is 52.1 Å². The Balaban J connectivity index is 1.83. The van der Waals surface area contributed by atoms with Gasteiger partial charge in [-0.05, 0) is 38.1 Å². The van der Waals surface area contributed by atoms with Crippen LogP contribution >= 0.6 is 11.3 Å². The van der Waals surface area contributed by atoms with Crippen LogP contribution in [0.5, 0.6) is 11.5 Å². The molecule has 0 aliphatic carbocycles. The third-order valence-electron chi connectivity index (χ3n) is 3.61. The summed E-state index contributed by atoms with van der Waals surface area (Å²) >= 11 is 1.17. The number of fused-ring (bicyclic) bond motifs is 1. The van der Waals surface area contributed by atoms with E-state index in [9.17, 15) is 14.9 Å². The molecule has 0 spiro atoms. The molecule has 27 heavy (non-hydrogen) atoms. The van der Waals surface area contributed by atoms with Gasteiger partial charge in [-0.2, -0.15) is 0 Å². The SMILES string of the molecule is CCOc1ccc(C(=O)Nc2nc3ccc([N+](=O)[O-])cc3s2)cc1OCC. The number of anilines is 1. The van der Waals surface area contributed by atoms with Crippen molar-refractivity contribution in [2.75, 3.05) is 18.5 Å². The Morgan fingerprint density at radius 1 is 1.15 bits per heavy atom. The Bertz CT molecular complexity index is 1000. The molecule has 0 aliphatic rings. The van der Waals surface area contributed by atoms with Gasteiger partial charge < -0.3 is 9.47 Å². The molecule has 3 rings (SSSR count). The highest BCUT2D eigenvalue weighted by molar-refractivity contribution is 7.22. The Morgan fingerprint density at radius 3 is 2.59 bits per heavy atom. The summed E-state index contributed by atoms with van der Waals surface area (Å²) < 4.78 is 11.6. The molecule has 1 N–H and O–H groups in total. The van der Waals surface area contributed by atoms with Gasteiger partial charge in [-0.1, -0.05) is 11.3 Å². The first-order chi connectivity index (χ1) is 13.0. The van der Waals surface area contributed by atoms with Crippen LogP contribution in [0.1, 0.15) is 24.2 Å². The third-order valence-corrected chi connectivity index (χ3v) is 4.54. The van der Waals surface area contributed by atoms with Crippen LogP contribution in [-0.2, 0) is 0 Å². The van der Waals surface area contributed by atoms with Crippen LogP contribution in [0.15, 0.2) is 36.4 Å². The largest absolute Gasteiger partial charge is 0.490 e. The van der Waals surface area contributed by atoms with Crippen molar-refractivity contribution in [1.82, 2.24) is 4.98 Å². The van der Waals surface area contributed by atoms with E-state index in [1.54, 1.807) is 24.3 Å². The first-order valence-electron chi connectivity index (χ1n) is 8.27. The smallest absolute Gasteiger partial charge is 0.270 e. The second kappa shape index (κ2) is 8.00. The van der Waals surface area contributed by atoms with E-state index in [2.05, 4.69) is 10.3 Å². The average molecular weight is 387 g/mol. The van der Waals surface area contributed by atoms with E-state index in [0.29, 0.717) is 45.6 Å². The fraction of sp³-hybridized carbons (Fsp3) is 0.222. The Morgan fingerprint density at radius 2 is 1.89 bits per heavy atom. The molecular formula is C18H17N3O5S. The molecular weight excluding hydrogens is 370 g/mol. The van der Waals surface area contributed by atoms with Gasteiger partial charge in [0.2, 0.25) is 0 Å². The number of hydrogen-bond acceptors (Lipinski definition) is 7. The standard InChI is InChI=1S/C18H17N3O5S/c1-3-25-14-8-5-11(9-15(14)26-4-2)17(22)20-18-19-13-7-6-12(21(23)24)10-16(13)27-18/h5-10H,3-4H2,1-2H3,(H,19,20,22). The van der Waals surface area contributed by atoms with Crippen molar-refractivity contribution in [3.8, 4) is 11.5 Å². The maximum Gasteiger partial charge on any atom is 0.270 e. The summed E-state index contributed by atoms with van der Waals surface area (Å²) in [6.07, 6.45) is 0. The van der Waals surface area contributed by atoms with Crippen molar-refractivity contribution >= 4 is 38.3 Å². The van der Waals surface area contributed by atoms with Crippen LogP contribution in [-0.4, -0.2) is 29.0 Å². The lowest BCUT2D eigenvalue weighted by Crippen LogP contribution is -2.12. The van der Waals surface area contributed by atoms with E-state index >= 15 is 0 Å². The molecule has 3 aromatic rings. The topological polar surface area (TPSA) is 104 Å². The number of nitrogens with one attached hydrogen (secondary N) is 1. The predicted molar refractivity (Wildman–Crippen MR) is 103 cm³/mol. The quantitative estimate of drug-likeness (QED) is 0.480. The Hall–Kier alpha value is -3.20. The van der Waals surface area contributed by atoms with Gasteiger partial charge in [0.05, 0.1) is 28.4 Å². The number of hydrogen-bond donors (Lipinski definition) is 1. The van der Waals surface area contributed by atoms with Gasteiger partial charge in [0.15, 0.2) is 16.6 Å². The molecule has 2 aromatic carbocycles. The monoisotopic (exact) mass is 387 g/mol. The summed E-state index contributed by atoms with van der Waals surface area (Å²) in [5.41, 5.74) is 0.964. The summed E-state index contributed by atoms with van der Waals surface area (Å²) in [6.45, 7) is 4.65. The molecule has 8 nitrogen and oxygen atoms in total. The normalized spacial score (nSPS) is 10.6. The van der Waals surface area contributed by atoms with E-state index in [1.165, 1.54) is 23.5 Å². The number of benzene rings is 2. The number of non-ortho nitro benzene ring substituents is 1. The van der Waals surface area contributed by atoms with Gasteiger partial charge in [-0.25, -0.2) is 4.98 Å². The number of thiazole rings is 1. The number of carbonyl (C=O) groups excluding carboxylic acids is 1. The highest BCUT2D eigenvalue weighted by atomic mass is 32.1. The molecule has 140 valence electrons. The minimum absolute atomic E-state index is 0.0168. The molecule has 0 saturated carbocycles. The molecule has 0 bridgehead atoms. The summed E-state index contributed by atoms with van der Waals surface area (Å²) in [6, 6.07) is 9.32. The number of nitro groups is 1. The molecule has 0 atom stereocenters. The van der Waals surface area contributed by atoms with Crippen molar-refractivity contribution in [3.63, 3.8) is 0 Å². The van der Waals surface area contributed by atoms with E-state index in [4.69, 9.17) is 9.47 Å². The lowest BCUT2D eigenvalue weighted by atomic mass is 10.2. The number of nitrogens with zero attached hydrogens (tertiary/aromatic N) is 2. The third kappa shape index (κ3) is 4.14. The molecule has 9 heteroatoms. The predicted octanol–water partition coefficient (Wildman–Crippen LogP) is 4.25. The number of rotatable bonds is 7. The van der Waals surface area contributed by atoms with Crippen LogP contribution in [0.3, 0.4) is 0 Å². The molecule has 0 unspecified atom stereocenters. The van der Waals surface area contributed by atoms with Gasteiger partial charge >= 0.3 is 0 Å². The Kier molecular flexibility index (Phi) is 5.51. The molecule has 1 heterocycles. The van der Waals surface area contributed by atoms with Crippen molar-refractivity contribution in [2.24, 2.45) is 0 Å². The number of aromatic nitrogens is 1. The summed E-state index contributed by atoms with van der Waals surface area (Å²) in [5, 5.41) is 14.0. The van der Waals surface area contributed by atoms with Crippen LogP contribution in [0.2, 0.25) is 0 Å². The zero-order valence-electron chi connectivity index (χ0n) is 14.7. The first-order valence-corrected chi connectivity index (χ1v) is 9.09. The Labute approximate surface area is 158 Å². The number of nitro benzene ring substituents is 1. The molecule has 0 fully saturated rings. The van der Waals surface area contributed by atoms with Gasteiger partial charge in [0.25, 0.3) is 11.6 Å². The maximum absolute atomic E-state index is 12.5. The minimum atomic E-state index is -0.466. The number of ether oxygens (including phenoxy) is 2. The highest BCUT2D eigenvalue weighted by Gasteiger charge is 2.15. The second-order valence-electron chi connectivity index (χ2n) is 5.41. The molecule has 1 amide bonds. The lowest BCUT2D eigenvalue weighted by Gasteiger charge is -2.12. The van der Waals surface area contributed by atoms with Gasteiger partial charge in [-0.15, -0.1) is 0 Å². The van der Waals surface area contributed by atoms with E-state index in [-0.39, 0.29) is 11.6 Å². The zero-order valence-corrected chi connectivity index (χ0v) is 15.5. The van der Waals surface area contributed by atoms with Crippen molar-refractivity contribution in [2.45, 2.75) is 13.8 Å². The maximum atomic E-state index is 12.5. The second-order valence-corrected chi connectivity index (χ2v) is 6.44.